The third kappa shape index (κ3) is 3.58. The summed E-state index contributed by atoms with van der Waals surface area (Å²) in [5, 5.41) is 10.9. The predicted molar refractivity (Wildman–Crippen MR) is 81.9 cm³/mol. The lowest BCUT2D eigenvalue weighted by atomic mass is 9.77. The van der Waals surface area contributed by atoms with Crippen molar-refractivity contribution in [1.29, 1.82) is 0 Å². The van der Waals surface area contributed by atoms with E-state index in [0.29, 0.717) is 25.1 Å². The molecule has 0 aromatic heterocycles. The van der Waals surface area contributed by atoms with Gasteiger partial charge in [0.15, 0.2) is 0 Å². The molecule has 1 heterocycles. The van der Waals surface area contributed by atoms with Gasteiger partial charge >= 0.3 is 6.09 Å². The molecular weight excluding hydrogens is 285 g/mol. The summed E-state index contributed by atoms with van der Waals surface area (Å²) in [7, 11) is 0. The number of carbonyl (C=O) groups excluding carboxylic acids is 1. The average Bonchev–Trinajstić information content (AvgIpc) is 2.40. The minimum Gasteiger partial charge on any atom is -0.444 e. The van der Waals surface area contributed by atoms with Crippen LogP contribution in [-0.4, -0.2) is 34.8 Å². The molecule has 5 heteroatoms. The molecule has 2 rings (SSSR count). The van der Waals surface area contributed by atoms with Gasteiger partial charge in [0.1, 0.15) is 11.4 Å². The van der Waals surface area contributed by atoms with E-state index in [0.717, 1.165) is 0 Å². The van der Waals surface area contributed by atoms with E-state index in [1.807, 2.05) is 27.7 Å². The Hall–Kier alpha value is -1.62. The van der Waals surface area contributed by atoms with Crippen LogP contribution in [0, 0.1) is 11.7 Å². The molecule has 0 spiro atoms. The molecule has 1 aromatic carbocycles. The lowest BCUT2D eigenvalue weighted by Gasteiger charge is -2.43. The molecule has 1 aliphatic rings. The smallest absolute Gasteiger partial charge is 0.410 e. The van der Waals surface area contributed by atoms with Crippen molar-refractivity contribution in [3.05, 3.63) is 35.6 Å². The lowest BCUT2D eigenvalue weighted by Crippen LogP contribution is -2.51. The zero-order valence-electron chi connectivity index (χ0n) is 13.6. The van der Waals surface area contributed by atoms with Crippen molar-refractivity contribution in [2.24, 2.45) is 5.92 Å². The molecule has 0 saturated carbocycles. The van der Waals surface area contributed by atoms with Gasteiger partial charge in [-0.05, 0) is 44.9 Å². The van der Waals surface area contributed by atoms with E-state index in [-0.39, 0.29) is 17.8 Å². The quantitative estimate of drug-likeness (QED) is 0.866. The summed E-state index contributed by atoms with van der Waals surface area (Å²) in [6.45, 7) is 8.18. The van der Waals surface area contributed by atoms with E-state index in [1.54, 1.807) is 17.0 Å². The van der Waals surface area contributed by atoms with Gasteiger partial charge in [-0.1, -0.05) is 19.1 Å². The number of nitrogens with zero attached hydrogens (tertiary/aromatic N) is 1. The second kappa shape index (κ2) is 5.88. The Bertz CT molecular complexity index is 538. The summed E-state index contributed by atoms with van der Waals surface area (Å²) in [5.41, 5.74) is -0.901. The maximum atomic E-state index is 13.1. The number of piperidine rings is 1. The number of benzene rings is 1. The highest BCUT2D eigenvalue weighted by Gasteiger charge is 2.42. The number of hydrogen-bond acceptors (Lipinski definition) is 3. The second-order valence-corrected chi connectivity index (χ2v) is 7.01. The first-order valence-corrected chi connectivity index (χ1v) is 7.58. The van der Waals surface area contributed by atoms with Gasteiger partial charge < -0.3 is 14.7 Å². The van der Waals surface area contributed by atoms with Gasteiger partial charge in [0.25, 0.3) is 0 Å². The Balaban J connectivity index is 2.09. The largest absolute Gasteiger partial charge is 0.444 e. The van der Waals surface area contributed by atoms with Crippen molar-refractivity contribution in [3.8, 4) is 0 Å². The summed E-state index contributed by atoms with van der Waals surface area (Å²) in [6, 6.07) is 5.91. The van der Waals surface area contributed by atoms with E-state index in [2.05, 4.69) is 0 Å². The zero-order valence-corrected chi connectivity index (χ0v) is 13.6. The van der Waals surface area contributed by atoms with E-state index >= 15 is 0 Å². The molecule has 122 valence electrons. The summed E-state index contributed by atoms with van der Waals surface area (Å²) in [5.74, 6) is -0.495. The number of rotatable bonds is 1. The third-order valence-electron chi connectivity index (χ3n) is 4.07. The third-order valence-corrected chi connectivity index (χ3v) is 4.07. The van der Waals surface area contributed by atoms with Crippen molar-refractivity contribution >= 4 is 6.09 Å². The fourth-order valence-electron chi connectivity index (χ4n) is 2.78. The number of likely N-dealkylation sites (tertiary alicyclic amines) is 1. The number of amides is 1. The van der Waals surface area contributed by atoms with E-state index < -0.39 is 11.2 Å². The first-order chi connectivity index (χ1) is 10.1. The Morgan fingerprint density at radius 1 is 1.36 bits per heavy atom. The minimum atomic E-state index is -1.05. The standard InChI is InChI=1S/C17H24FNO3/c1-12-11-19(15(20)22-16(2,3)4)10-9-17(12,21)13-5-7-14(18)8-6-13/h5-8,12,21H,9-11H2,1-4H3. The van der Waals surface area contributed by atoms with E-state index in [4.69, 9.17) is 4.74 Å². The monoisotopic (exact) mass is 309 g/mol. The van der Waals surface area contributed by atoms with Crippen LogP contribution in [0.1, 0.15) is 39.7 Å². The number of ether oxygens (including phenoxy) is 1. The predicted octanol–water partition coefficient (Wildman–Crippen LogP) is 3.29. The van der Waals surface area contributed by atoms with Crippen molar-refractivity contribution < 1.29 is 19.0 Å². The van der Waals surface area contributed by atoms with Gasteiger partial charge in [0, 0.05) is 19.0 Å². The van der Waals surface area contributed by atoms with Crippen LogP contribution < -0.4 is 0 Å². The first kappa shape index (κ1) is 16.7. The average molecular weight is 309 g/mol. The fraction of sp³-hybridized carbons (Fsp3) is 0.588. The van der Waals surface area contributed by atoms with Gasteiger partial charge in [-0.2, -0.15) is 0 Å². The van der Waals surface area contributed by atoms with Crippen LogP contribution in [0.4, 0.5) is 9.18 Å². The molecule has 22 heavy (non-hydrogen) atoms. The van der Waals surface area contributed by atoms with Gasteiger partial charge in [-0.3, -0.25) is 0 Å². The zero-order chi connectivity index (χ0) is 16.5. The molecule has 2 unspecified atom stereocenters. The Kier molecular flexibility index (Phi) is 4.47. The molecule has 1 N–H and O–H groups in total. The molecule has 2 atom stereocenters. The van der Waals surface area contributed by atoms with Gasteiger partial charge in [0.2, 0.25) is 0 Å². The fourth-order valence-corrected chi connectivity index (χ4v) is 2.78. The van der Waals surface area contributed by atoms with Crippen molar-refractivity contribution in [1.82, 2.24) is 4.90 Å². The Morgan fingerprint density at radius 2 is 1.95 bits per heavy atom. The molecule has 0 radical (unpaired) electrons. The first-order valence-electron chi connectivity index (χ1n) is 7.58. The van der Waals surface area contributed by atoms with Gasteiger partial charge in [0.05, 0.1) is 5.60 Å². The molecule has 1 saturated heterocycles. The number of halogens is 1. The Labute approximate surface area is 130 Å². The van der Waals surface area contributed by atoms with Crippen LogP contribution in [0.5, 0.6) is 0 Å². The lowest BCUT2D eigenvalue weighted by molar-refractivity contribution is -0.0734. The van der Waals surface area contributed by atoms with Crippen molar-refractivity contribution in [2.75, 3.05) is 13.1 Å². The maximum absolute atomic E-state index is 13.1. The number of hydrogen-bond donors (Lipinski definition) is 1. The SMILES string of the molecule is CC1CN(C(=O)OC(C)(C)C)CCC1(O)c1ccc(F)cc1. The molecule has 1 aliphatic heterocycles. The molecule has 1 fully saturated rings. The normalized spacial score (nSPS) is 25.9. The Morgan fingerprint density at radius 3 is 2.45 bits per heavy atom. The molecular formula is C17H24FNO3. The van der Waals surface area contributed by atoms with Crippen LogP contribution in [0.25, 0.3) is 0 Å². The summed E-state index contributed by atoms with van der Waals surface area (Å²) in [4.78, 5) is 13.7. The molecule has 0 bridgehead atoms. The van der Waals surface area contributed by atoms with E-state index in [1.165, 1.54) is 12.1 Å². The number of carbonyl (C=O) groups is 1. The number of aliphatic hydroxyl groups is 1. The van der Waals surface area contributed by atoms with Gasteiger partial charge in [-0.25, -0.2) is 9.18 Å². The molecule has 1 amide bonds. The highest BCUT2D eigenvalue weighted by molar-refractivity contribution is 5.68. The molecule has 0 aliphatic carbocycles. The van der Waals surface area contributed by atoms with Crippen molar-refractivity contribution in [2.45, 2.75) is 45.3 Å². The second-order valence-electron chi connectivity index (χ2n) is 7.01. The van der Waals surface area contributed by atoms with Crippen LogP contribution in [0.15, 0.2) is 24.3 Å². The topological polar surface area (TPSA) is 49.8 Å². The van der Waals surface area contributed by atoms with Crippen LogP contribution >= 0.6 is 0 Å². The summed E-state index contributed by atoms with van der Waals surface area (Å²) in [6.07, 6.45) is 0.0412. The van der Waals surface area contributed by atoms with Gasteiger partial charge in [-0.15, -0.1) is 0 Å². The van der Waals surface area contributed by atoms with Crippen molar-refractivity contribution in [3.63, 3.8) is 0 Å². The summed E-state index contributed by atoms with van der Waals surface area (Å²) < 4.78 is 18.4. The summed E-state index contributed by atoms with van der Waals surface area (Å²) >= 11 is 0. The van der Waals surface area contributed by atoms with E-state index in [9.17, 15) is 14.3 Å². The molecule has 1 aromatic rings. The molecule has 4 nitrogen and oxygen atoms in total. The highest BCUT2D eigenvalue weighted by atomic mass is 19.1. The maximum Gasteiger partial charge on any atom is 0.410 e. The van der Waals surface area contributed by atoms with Crippen LogP contribution in [0.3, 0.4) is 0 Å². The highest BCUT2D eigenvalue weighted by Crippen LogP contribution is 2.37. The van der Waals surface area contributed by atoms with Crippen LogP contribution in [-0.2, 0) is 10.3 Å². The minimum absolute atomic E-state index is 0.167. The van der Waals surface area contributed by atoms with Crippen LogP contribution in [0.2, 0.25) is 0 Å².